The number of hydrogen-bond acceptors (Lipinski definition) is 5. The maximum Gasteiger partial charge on any atom is 0.246 e. The van der Waals surface area contributed by atoms with Gasteiger partial charge in [-0.1, -0.05) is 30.3 Å². The lowest BCUT2D eigenvalue weighted by Gasteiger charge is -2.31. The highest BCUT2D eigenvalue weighted by atomic mass is 32.2. The number of amides is 1. The van der Waals surface area contributed by atoms with E-state index in [1.54, 1.807) is 32.2 Å². The van der Waals surface area contributed by atoms with E-state index in [1.165, 1.54) is 19.1 Å². The number of rotatable bonds is 8. The molecule has 0 N–H and O–H groups in total. The number of likely N-dealkylation sites (N-methyl/N-ethyl adjacent to an activating group) is 1. The van der Waals surface area contributed by atoms with Gasteiger partial charge in [-0.25, -0.2) is 8.42 Å². The summed E-state index contributed by atoms with van der Waals surface area (Å²) < 4.78 is 36.6. The van der Waals surface area contributed by atoms with Crippen molar-refractivity contribution < 1.29 is 22.7 Å². The van der Waals surface area contributed by atoms with Crippen LogP contribution in [0.4, 0.5) is 5.69 Å². The molecule has 0 aliphatic heterocycles. The molecular weight excluding hydrogens is 380 g/mol. The highest BCUT2D eigenvalue weighted by molar-refractivity contribution is 7.92. The van der Waals surface area contributed by atoms with Gasteiger partial charge in [0.05, 0.1) is 26.2 Å². The molecule has 1 amide bonds. The number of benzene rings is 2. The maximum absolute atomic E-state index is 13.0. The fourth-order valence-electron chi connectivity index (χ4n) is 3.02. The van der Waals surface area contributed by atoms with Gasteiger partial charge in [0.15, 0.2) is 11.5 Å². The second kappa shape index (κ2) is 8.97. The molecule has 2 aromatic carbocycles. The van der Waals surface area contributed by atoms with Crippen LogP contribution in [0.1, 0.15) is 12.5 Å². The zero-order valence-corrected chi connectivity index (χ0v) is 17.6. The predicted molar refractivity (Wildman–Crippen MR) is 109 cm³/mol. The van der Waals surface area contributed by atoms with Gasteiger partial charge in [-0.2, -0.15) is 0 Å². The van der Waals surface area contributed by atoms with Gasteiger partial charge in [0, 0.05) is 19.7 Å². The minimum absolute atomic E-state index is 0.316. The molecule has 0 aliphatic carbocycles. The number of carbonyl (C=O) groups is 1. The molecule has 0 saturated heterocycles. The summed E-state index contributed by atoms with van der Waals surface area (Å²) in [6.07, 6.45) is 1.07. The average molecular weight is 407 g/mol. The van der Waals surface area contributed by atoms with Crippen LogP contribution in [0.5, 0.6) is 11.5 Å². The van der Waals surface area contributed by atoms with E-state index in [4.69, 9.17) is 9.47 Å². The third-order valence-corrected chi connectivity index (χ3v) is 5.57. The number of sulfonamides is 1. The van der Waals surface area contributed by atoms with E-state index in [-0.39, 0.29) is 5.91 Å². The van der Waals surface area contributed by atoms with Gasteiger partial charge in [-0.15, -0.1) is 0 Å². The monoisotopic (exact) mass is 406 g/mol. The number of methoxy groups -OCH3 is 2. The zero-order valence-electron chi connectivity index (χ0n) is 16.7. The van der Waals surface area contributed by atoms with E-state index in [9.17, 15) is 13.2 Å². The molecule has 2 rings (SSSR count). The molecule has 0 saturated carbocycles. The molecule has 0 radical (unpaired) electrons. The number of ether oxygens (including phenoxy) is 2. The summed E-state index contributed by atoms with van der Waals surface area (Å²) in [5.74, 6) is 0.537. The normalized spacial score (nSPS) is 12.2. The smallest absolute Gasteiger partial charge is 0.246 e. The van der Waals surface area contributed by atoms with Crippen LogP contribution in [-0.4, -0.2) is 52.8 Å². The van der Waals surface area contributed by atoms with E-state index in [0.717, 1.165) is 16.1 Å². The predicted octanol–water partition coefficient (Wildman–Crippen LogP) is 2.52. The van der Waals surface area contributed by atoms with Crippen molar-refractivity contribution in [3.63, 3.8) is 0 Å². The van der Waals surface area contributed by atoms with E-state index in [0.29, 0.717) is 23.7 Å². The summed E-state index contributed by atoms with van der Waals surface area (Å²) in [5, 5.41) is 0. The Bertz CT molecular complexity index is 915. The lowest BCUT2D eigenvalue weighted by atomic mass is 10.2. The van der Waals surface area contributed by atoms with Crippen LogP contribution in [0.3, 0.4) is 0 Å². The molecule has 0 fully saturated rings. The fourth-order valence-corrected chi connectivity index (χ4v) is 4.18. The first kappa shape index (κ1) is 21.6. The molecule has 0 aliphatic rings. The lowest BCUT2D eigenvalue weighted by Crippen LogP contribution is -2.48. The standard InChI is InChI=1S/C20H26N2O5S/c1-15(20(23)21(2)14-16-9-7-6-8-10-16)22(28(5,24)25)17-11-12-18(26-3)19(13-17)27-4/h6-13,15H,14H2,1-5H3/t15-/m1/s1. The van der Waals surface area contributed by atoms with E-state index in [2.05, 4.69) is 0 Å². The molecule has 0 heterocycles. The highest BCUT2D eigenvalue weighted by Crippen LogP contribution is 2.33. The van der Waals surface area contributed by atoms with Gasteiger partial charge in [0.1, 0.15) is 6.04 Å². The number of nitrogens with zero attached hydrogens (tertiary/aromatic N) is 2. The quantitative estimate of drug-likeness (QED) is 0.673. The van der Waals surface area contributed by atoms with Crippen molar-refractivity contribution in [3.05, 3.63) is 54.1 Å². The van der Waals surface area contributed by atoms with Crippen molar-refractivity contribution in [2.45, 2.75) is 19.5 Å². The first-order chi connectivity index (χ1) is 13.2. The minimum Gasteiger partial charge on any atom is -0.493 e. The molecular formula is C20H26N2O5S. The molecule has 152 valence electrons. The molecule has 2 aromatic rings. The Hall–Kier alpha value is -2.74. The van der Waals surface area contributed by atoms with E-state index < -0.39 is 16.1 Å². The molecule has 1 atom stereocenters. The summed E-state index contributed by atoms with van der Waals surface area (Å²) >= 11 is 0. The molecule has 8 heteroatoms. The third-order valence-electron chi connectivity index (χ3n) is 4.33. The van der Waals surface area contributed by atoms with Crippen LogP contribution >= 0.6 is 0 Å². The van der Waals surface area contributed by atoms with Crippen LogP contribution in [0.2, 0.25) is 0 Å². The topological polar surface area (TPSA) is 76.2 Å². The van der Waals surface area contributed by atoms with Crippen molar-refractivity contribution in [2.75, 3.05) is 31.8 Å². The lowest BCUT2D eigenvalue weighted by molar-refractivity contribution is -0.131. The van der Waals surface area contributed by atoms with Gasteiger partial charge < -0.3 is 14.4 Å². The minimum atomic E-state index is -3.72. The van der Waals surface area contributed by atoms with Crippen LogP contribution in [0, 0.1) is 0 Å². The molecule has 0 aromatic heterocycles. The number of anilines is 1. The number of hydrogen-bond donors (Lipinski definition) is 0. The summed E-state index contributed by atoms with van der Waals surface area (Å²) in [5.41, 5.74) is 1.29. The van der Waals surface area contributed by atoms with Crippen LogP contribution in [0.15, 0.2) is 48.5 Å². The van der Waals surface area contributed by atoms with Crippen molar-refractivity contribution in [2.24, 2.45) is 0 Å². The summed E-state index contributed by atoms with van der Waals surface area (Å²) in [4.78, 5) is 14.5. The second-order valence-corrected chi connectivity index (χ2v) is 8.31. The molecule has 28 heavy (non-hydrogen) atoms. The molecule has 0 unspecified atom stereocenters. The Morgan fingerprint density at radius 2 is 1.64 bits per heavy atom. The highest BCUT2D eigenvalue weighted by Gasteiger charge is 2.31. The fraction of sp³-hybridized carbons (Fsp3) is 0.350. The Balaban J connectivity index is 2.33. The van der Waals surface area contributed by atoms with Crippen LogP contribution in [-0.2, 0) is 21.4 Å². The van der Waals surface area contributed by atoms with Gasteiger partial charge >= 0.3 is 0 Å². The molecule has 0 spiro atoms. The van der Waals surface area contributed by atoms with Crippen LogP contribution < -0.4 is 13.8 Å². The van der Waals surface area contributed by atoms with Gasteiger partial charge in [0.2, 0.25) is 15.9 Å². The first-order valence-electron chi connectivity index (χ1n) is 8.69. The maximum atomic E-state index is 13.0. The summed E-state index contributed by atoms with van der Waals surface area (Å²) in [6.45, 7) is 1.95. The van der Waals surface area contributed by atoms with Crippen molar-refractivity contribution in [3.8, 4) is 11.5 Å². The summed E-state index contributed by atoms with van der Waals surface area (Å²) in [6, 6.07) is 13.3. The molecule has 0 bridgehead atoms. The second-order valence-electron chi connectivity index (χ2n) is 6.45. The van der Waals surface area contributed by atoms with Crippen molar-refractivity contribution in [1.82, 2.24) is 4.90 Å². The van der Waals surface area contributed by atoms with Gasteiger partial charge in [-0.05, 0) is 24.6 Å². The Morgan fingerprint density at radius 3 is 2.18 bits per heavy atom. The Labute approximate surface area is 166 Å². The van der Waals surface area contributed by atoms with Crippen molar-refractivity contribution in [1.29, 1.82) is 0 Å². The molecule has 7 nitrogen and oxygen atoms in total. The van der Waals surface area contributed by atoms with E-state index in [1.807, 2.05) is 30.3 Å². The largest absolute Gasteiger partial charge is 0.493 e. The van der Waals surface area contributed by atoms with Gasteiger partial charge in [0.25, 0.3) is 0 Å². The zero-order chi connectivity index (χ0) is 20.9. The van der Waals surface area contributed by atoms with Gasteiger partial charge in [-0.3, -0.25) is 9.10 Å². The van der Waals surface area contributed by atoms with Crippen molar-refractivity contribution >= 4 is 21.6 Å². The Kier molecular flexibility index (Phi) is 6.90. The first-order valence-corrected chi connectivity index (χ1v) is 10.5. The summed E-state index contributed by atoms with van der Waals surface area (Å²) in [7, 11) is 0.893. The average Bonchev–Trinajstić information content (AvgIpc) is 2.66. The Morgan fingerprint density at radius 1 is 1.04 bits per heavy atom. The number of carbonyl (C=O) groups excluding carboxylic acids is 1. The SMILES string of the molecule is COc1ccc(N([C@H](C)C(=O)N(C)Cc2ccccc2)S(C)(=O)=O)cc1OC. The van der Waals surface area contributed by atoms with Crippen LogP contribution in [0.25, 0.3) is 0 Å². The third kappa shape index (κ3) is 4.95. The van der Waals surface area contributed by atoms with E-state index >= 15 is 0 Å².